The van der Waals surface area contributed by atoms with E-state index in [4.69, 9.17) is 0 Å². The number of anilines is 6. The summed E-state index contributed by atoms with van der Waals surface area (Å²) in [6, 6.07) is 54.4. The lowest BCUT2D eigenvalue weighted by molar-refractivity contribution is 0.443. The van der Waals surface area contributed by atoms with Crippen LogP contribution in [0, 0.1) is 0 Å². The Morgan fingerprint density at radius 2 is 0.671 bits per heavy atom. The third-order valence-electron chi connectivity index (χ3n) is 17.5. The highest BCUT2D eigenvalue weighted by Gasteiger charge is 2.26. The molecule has 70 heavy (non-hydrogen) atoms. The van der Waals surface area contributed by atoms with Gasteiger partial charge in [0.05, 0.1) is 11.4 Å². The van der Waals surface area contributed by atoms with Crippen molar-refractivity contribution < 1.29 is 0 Å². The van der Waals surface area contributed by atoms with Crippen molar-refractivity contribution in [3.8, 4) is 0 Å². The smallest absolute Gasteiger partial charge is 0.0546 e. The lowest BCUT2D eigenvalue weighted by atomic mass is 9.84. The van der Waals surface area contributed by atoms with Gasteiger partial charge >= 0.3 is 0 Å². The highest BCUT2D eigenvalue weighted by Crippen LogP contribution is 2.50. The molecule has 2 heteroatoms. The Labute approximate surface area is 419 Å². The van der Waals surface area contributed by atoms with Crippen LogP contribution in [0.4, 0.5) is 34.1 Å². The highest BCUT2D eigenvalue weighted by atomic mass is 15.2. The van der Waals surface area contributed by atoms with E-state index in [9.17, 15) is 0 Å². The van der Waals surface area contributed by atoms with Crippen LogP contribution in [-0.2, 0) is 25.7 Å². The van der Waals surface area contributed by atoms with Gasteiger partial charge in [-0.1, -0.05) is 139 Å². The Hall–Kier alpha value is -5.86. The molecule has 0 saturated heterocycles. The van der Waals surface area contributed by atoms with Crippen LogP contribution in [0.2, 0.25) is 0 Å². The molecule has 4 aliphatic rings. The van der Waals surface area contributed by atoms with Gasteiger partial charge < -0.3 is 9.80 Å². The van der Waals surface area contributed by atoms with Crippen LogP contribution < -0.4 is 9.80 Å². The third-order valence-corrected chi connectivity index (χ3v) is 17.5. The van der Waals surface area contributed by atoms with Crippen LogP contribution in [0.25, 0.3) is 32.3 Å². The molecule has 0 heterocycles. The Balaban J connectivity index is 1.12. The topological polar surface area (TPSA) is 6.48 Å². The SMILES string of the molecule is CC(C)c1ccc2c(N(c3ccc(C4CCCCC4)cc3)c3ccc4c(c3)CCCC4)cc3c4cc(C(C)C)ccc4c(N(c4ccc(C5CCCCC5)cc4)c4ccc5c(c4)CCCC5)cc3c2c1. The second-order valence-electron chi connectivity index (χ2n) is 22.6. The van der Waals surface area contributed by atoms with Gasteiger partial charge in [0.15, 0.2) is 0 Å². The first-order valence-corrected chi connectivity index (χ1v) is 27.9. The second-order valence-corrected chi connectivity index (χ2v) is 22.6. The monoisotopic (exact) mass is 919 g/mol. The molecule has 356 valence electrons. The molecule has 0 N–H and O–H groups in total. The van der Waals surface area contributed by atoms with Crippen LogP contribution >= 0.6 is 0 Å². The van der Waals surface area contributed by atoms with Gasteiger partial charge in [-0.3, -0.25) is 0 Å². The molecule has 0 aromatic heterocycles. The van der Waals surface area contributed by atoms with Gasteiger partial charge in [0.25, 0.3) is 0 Å². The predicted octanol–water partition coefficient (Wildman–Crippen LogP) is 20.2. The molecule has 0 amide bonds. The molecule has 0 spiro atoms. The van der Waals surface area contributed by atoms with E-state index < -0.39 is 0 Å². The molecular weight excluding hydrogens is 845 g/mol. The van der Waals surface area contributed by atoms with E-state index in [2.05, 4.69) is 171 Å². The third kappa shape index (κ3) is 8.62. The molecule has 8 aromatic rings. The maximum atomic E-state index is 2.62. The fourth-order valence-electron chi connectivity index (χ4n) is 13.4. The van der Waals surface area contributed by atoms with Gasteiger partial charge in [-0.2, -0.15) is 0 Å². The molecule has 0 atom stereocenters. The van der Waals surface area contributed by atoms with Crippen LogP contribution in [0.1, 0.15) is 186 Å². The molecule has 0 aliphatic heterocycles. The minimum atomic E-state index is 0.398. The van der Waals surface area contributed by atoms with Crippen molar-refractivity contribution in [3.63, 3.8) is 0 Å². The number of nitrogens with zero attached hydrogens (tertiary/aromatic N) is 2. The van der Waals surface area contributed by atoms with Crippen LogP contribution in [0.3, 0.4) is 0 Å². The summed E-state index contributed by atoms with van der Waals surface area (Å²) in [5.41, 5.74) is 19.4. The summed E-state index contributed by atoms with van der Waals surface area (Å²) in [5.74, 6) is 2.13. The zero-order valence-electron chi connectivity index (χ0n) is 42.6. The molecule has 0 radical (unpaired) electrons. The molecule has 8 aromatic carbocycles. The first-order valence-electron chi connectivity index (χ1n) is 27.9. The quantitative estimate of drug-likeness (QED) is 0.126. The first-order chi connectivity index (χ1) is 34.3. The lowest BCUT2D eigenvalue weighted by Crippen LogP contribution is -2.14. The Bertz CT molecular complexity index is 2960. The summed E-state index contributed by atoms with van der Waals surface area (Å²) in [4.78, 5) is 5.24. The Morgan fingerprint density at radius 1 is 0.314 bits per heavy atom. The zero-order valence-corrected chi connectivity index (χ0v) is 42.6. The molecule has 0 bridgehead atoms. The molecule has 4 aliphatic carbocycles. The van der Waals surface area contributed by atoms with Crippen molar-refractivity contribution in [1.29, 1.82) is 0 Å². The maximum Gasteiger partial charge on any atom is 0.0546 e. The molecule has 12 rings (SSSR count). The van der Waals surface area contributed by atoms with Crippen molar-refractivity contribution in [2.24, 2.45) is 0 Å². The summed E-state index contributed by atoms with van der Waals surface area (Å²) < 4.78 is 0. The van der Waals surface area contributed by atoms with E-state index in [0.29, 0.717) is 23.7 Å². The maximum absolute atomic E-state index is 2.62. The fourth-order valence-corrected chi connectivity index (χ4v) is 13.4. The van der Waals surface area contributed by atoms with Crippen LogP contribution in [0.15, 0.2) is 133 Å². The summed E-state index contributed by atoms with van der Waals surface area (Å²) in [6.45, 7) is 9.41. The summed E-state index contributed by atoms with van der Waals surface area (Å²) in [5, 5.41) is 7.91. The summed E-state index contributed by atoms with van der Waals surface area (Å²) in [7, 11) is 0. The number of aryl methyl sites for hydroxylation is 4. The number of hydrogen-bond donors (Lipinski definition) is 0. The molecule has 2 fully saturated rings. The van der Waals surface area contributed by atoms with E-state index in [0.717, 1.165) is 12.8 Å². The standard InChI is InChI=1S/C68H74N2/c1-45(2)53-29-37-61-63(41-53)65-43-68(70(60-36-28-50-20-12-14-22-56(50)40-60)58-33-25-52(26-34-58)48-17-9-6-10-18-48)62-38-30-54(46(3)4)42-64(62)66(65)44-67(61)69(59-35-27-49-19-11-13-21-55(49)39-59)57-31-23-51(24-32-57)47-15-7-5-8-16-47/h23-48H,5-22H2,1-4H3. The average Bonchev–Trinajstić information content (AvgIpc) is 3.41. The van der Waals surface area contributed by atoms with Gasteiger partial charge in [0.1, 0.15) is 0 Å². The number of benzene rings is 8. The van der Waals surface area contributed by atoms with Gasteiger partial charge in [-0.15, -0.1) is 0 Å². The van der Waals surface area contributed by atoms with Gasteiger partial charge in [-0.05, 0) is 227 Å². The van der Waals surface area contributed by atoms with E-state index in [1.54, 1.807) is 0 Å². The molecule has 0 unspecified atom stereocenters. The van der Waals surface area contributed by atoms with E-state index in [-0.39, 0.29) is 0 Å². The van der Waals surface area contributed by atoms with E-state index in [1.165, 1.54) is 214 Å². The number of rotatable bonds is 10. The van der Waals surface area contributed by atoms with E-state index >= 15 is 0 Å². The largest absolute Gasteiger partial charge is 0.310 e. The van der Waals surface area contributed by atoms with Gasteiger partial charge in [-0.25, -0.2) is 0 Å². The van der Waals surface area contributed by atoms with Crippen molar-refractivity contribution in [3.05, 3.63) is 178 Å². The van der Waals surface area contributed by atoms with Crippen molar-refractivity contribution in [2.75, 3.05) is 9.80 Å². The molecule has 2 saturated carbocycles. The summed E-state index contributed by atoms with van der Waals surface area (Å²) >= 11 is 0. The van der Waals surface area contributed by atoms with Gasteiger partial charge in [0, 0.05) is 33.5 Å². The Morgan fingerprint density at radius 3 is 1.06 bits per heavy atom. The number of fused-ring (bicyclic) bond motifs is 7. The molecule has 2 nitrogen and oxygen atoms in total. The van der Waals surface area contributed by atoms with Crippen LogP contribution in [-0.4, -0.2) is 0 Å². The lowest BCUT2D eigenvalue weighted by Gasteiger charge is -2.32. The zero-order chi connectivity index (χ0) is 47.3. The minimum absolute atomic E-state index is 0.398. The van der Waals surface area contributed by atoms with Crippen molar-refractivity contribution >= 4 is 66.4 Å². The molecular formula is C68H74N2. The fraction of sp³-hybridized carbons (Fsp3) is 0.382. The summed E-state index contributed by atoms with van der Waals surface area (Å²) in [6.07, 6.45) is 23.2. The minimum Gasteiger partial charge on any atom is -0.310 e. The van der Waals surface area contributed by atoms with Crippen molar-refractivity contribution in [2.45, 2.75) is 167 Å². The predicted molar refractivity (Wildman–Crippen MR) is 301 cm³/mol. The average molecular weight is 919 g/mol. The van der Waals surface area contributed by atoms with Crippen LogP contribution in [0.5, 0.6) is 0 Å². The van der Waals surface area contributed by atoms with Gasteiger partial charge in [0.2, 0.25) is 0 Å². The highest BCUT2D eigenvalue weighted by molar-refractivity contribution is 6.25. The second kappa shape index (κ2) is 19.4. The Kier molecular flexibility index (Phi) is 12.5. The first kappa shape index (κ1) is 45.3. The normalized spacial score (nSPS) is 16.8. The number of hydrogen-bond acceptors (Lipinski definition) is 2. The van der Waals surface area contributed by atoms with E-state index in [1.807, 2.05) is 0 Å². The van der Waals surface area contributed by atoms with Crippen molar-refractivity contribution in [1.82, 2.24) is 0 Å².